The average molecular weight is 222 g/mol. The van der Waals surface area contributed by atoms with Gasteiger partial charge in [-0.15, -0.1) is 0 Å². The summed E-state index contributed by atoms with van der Waals surface area (Å²) in [4.78, 5) is 0. The molecule has 0 N–H and O–H groups in total. The molecule has 1 aliphatic rings. The summed E-state index contributed by atoms with van der Waals surface area (Å²) in [5.41, 5.74) is 3.08. The lowest BCUT2D eigenvalue weighted by atomic mass is 10.0. The first-order valence-electron chi connectivity index (χ1n) is 6.38. The van der Waals surface area contributed by atoms with Crippen LogP contribution in [0.2, 0.25) is 0 Å². The Bertz CT molecular complexity index is 280. The minimum absolute atomic E-state index is 0.157. The van der Waals surface area contributed by atoms with Crippen molar-refractivity contribution in [3.63, 3.8) is 0 Å². The fraction of sp³-hybridized carbons (Fsp3) is 0.733. The Morgan fingerprint density at radius 3 is 2.25 bits per heavy atom. The summed E-state index contributed by atoms with van der Waals surface area (Å²) >= 11 is 0. The van der Waals surface area contributed by atoms with E-state index in [-0.39, 0.29) is 5.60 Å². The van der Waals surface area contributed by atoms with Gasteiger partial charge in [0.05, 0.1) is 11.7 Å². The van der Waals surface area contributed by atoms with Crippen LogP contribution in [-0.4, -0.2) is 11.7 Å². The zero-order valence-corrected chi connectivity index (χ0v) is 11.5. The molecule has 1 saturated heterocycles. The second kappa shape index (κ2) is 5.67. The maximum atomic E-state index is 5.56. The Morgan fingerprint density at radius 1 is 1.12 bits per heavy atom. The summed E-state index contributed by atoms with van der Waals surface area (Å²) in [6, 6.07) is 0. The summed E-state index contributed by atoms with van der Waals surface area (Å²) < 4.78 is 5.56. The molecule has 92 valence electrons. The van der Waals surface area contributed by atoms with E-state index in [2.05, 4.69) is 46.8 Å². The molecule has 0 bridgehead atoms. The molecule has 1 unspecified atom stereocenters. The van der Waals surface area contributed by atoms with E-state index in [9.17, 15) is 0 Å². The van der Waals surface area contributed by atoms with E-state index in [0.29, 0.717) is 6.10 Å². The number of allylic oxidation sites excluding steroid dienone is 4. The first kappa shape index (κ1) is 13.5. The molecule has 0 aromatic rings. The molecular formula is C15H26O. The number of ether oxygens (including phenoxy) is 1. The van der Waals surface area contributed by atoms with Gasteiger partial charge < -0.3 is 4.74 Å². The monoisotopic (exact) mass is 222 g/mol. The van der Waals surface area contributed by atoms with E-state index in [1.165, 1.54) is 30.4 Å². The van der Waals surface area contributed by atoms with Gasteiger partial charge in [0.25, 0.3) is 0 Å². The molecule has 1 fully saturated rings. The van der Waals surface area contributed by atoms with E-state index in [1.807, 2.05) is 0 Å². The van der Waals surface area contributed by atoms with Crippen LogP contribution in [0, 0.1) is 0 Å². The van der Waals surface area contributed by atoms with Gasteiger partial charge >= 0.3 is 0 Å². The third-order valence-electron chi connectivity index (χ3n) is 3.18. The van der Waals surface area contributed by atoms with Crippen molar-refractivity contribution in [2.24, 2.45) is 0 Å². The Balaban J connectivity index is 2.12. The van der Waals surface area contributed by atoms with Gasteiger partial charge in [-0.2, -0.15) is 0 Å². The van der Waals surface area contributed by atoms with Crippen LogP contribution in [0.3, 0.4) is 0 Å². The van der Waals surface area contributed by atoms with Gasteiger partial charge in [0, 0.05) is 0 Å². The van der Waals surface area contributed by atoms with Gasteiger partial charge in [-0.1, -0.05) is 23.3 Å². The molecule has 0 spiro atoms. The van der Waals surface area contributed by atoms with Crippen LogP contribution in [-0.2, 0) is 4.74 Å². The zero-order chi connectivity index (χ0) is 12.2. The van der Waals surface area contributed by atoms with Crippen LogP contribution in [0.4, 0.5) is 0 Å². The molecule has 1 heteroatoms. The van der Waals surface area contributed by atoms with E-state index in [4.69, 9.17) is 4.74 Å². The Hall–Kier alpha value is -0.560. The number of hydrogen-bond donors (Lipinski definition) is 0. The van der Waals surface area contributed by atoms with Crippen LogP contribution in [0.25, 0.3) is 0 Å². The molecule has 0 saturated carbocycles. The second-order valence-corrected chi connectivity index (χ2v) is 5.66. The van der Waals surface area contributed by atoms with Gasteiger partial charge in [-0.05, 0) is 60.3 Å². The predicted molar refractivity (Wildman–Crippen MR) is 70.6 cm³/mol. The highest BCUT2D eigenvalue weighted by Gasteiger charge is 2.46. The molecule has 1 rings (SSSR count). The zero-order valence-electron chi connectivity index (χ0n) is 11.5. The molecular weight excluding hydrogens is 196 g/mol. The number of hydrogen-bond acceptors (Lipinski definition) is 1. The smallest absolute Gasteiger partial charge is 0.0892 e. The van der Waals surface area contributed by atoms with Crippen molar-refractivity contribution in [3.8, 4) is 0 Å². The first-order chi connectivity index (χ1) is 7.42. The van der Waals surface area contributed by atoms with Crippen molar-refractivity contribution in [2.45, 2.75) is 72.0 Å². The van der Waals surface area contributed by atoms with Crippen molar-refractivity contribution in [1.29, 1.82) is 0 Å². The minimum atomic E-state index is 0.157. The maximum Gasteiger partial charge on any atom is 0.0892 e. The van der Waals surface area contributed by atoms with Crippen LogP contribution in [0.15, 0.2) is 23.3 Å². The molecule has 1 aliphatic heterocycles. The fourth-order valence-electron chi connectivity index (χ4n) is 1.91. The highest BCUT2D eigenvalue weighted by atomic mass is 16.6. The summed E-state index contributed by atoms with van der Waals surface area (Å²) in [5, 5.41) is 0. The Morgan fingerprint density at radius 2 is 1.75 bits per heavy atom. The standard InChI is InChI=1S/C15H26O/c1-12(2)8-6-9-13(3)10-7-11-14-15(4,5)16-14/h8,10,14H,6-7,9,11H2,1-5H3/b13-10+. The van der Waals surface area contributed by atoms with Crippen LogP contribution in [0.1, 0.15) is 60.3 Å². The van der Waals surface area contributed by atoms with Crippen LogP contribution >= 0.6 is 0 Å². The quantitative estimate of drug-likeness (QED) is 0.471. The average Bonchev–Trinajstić information content (AvgIpc) is 2.73. The molecule has 16 heavy (non-hydrogen) atoms. The van der Waals surface area contributed by atoms with Crippen molar-refractivity contribution < 1.29 is 4.74 Å². The van der Waals surface area contributed by atoms with Crippen molar-refractivity contribution in [3.05, 3.63) is 23.3 Å². The normalized spacial score (nSPS) is 23.1. The predicted octanol–water partition coefficient (Wildman–Crippen LogP) is 4.64. The van der Waals surface area contributed by atoms with E-state index in [0.717, 1.165) is 6.42 Å². The van der Waals surface area contributed by atoms with E-state index in [1.54, 1.807) is 0 Å². The van der Waals surface area contributed by atoms with E-state index < -0.39 is 0 Å². The molecule has 0 amide bonds. The minimum Gasteiger partial charge on any atom is -0.367 e. The second-order valence-electron chi connectivity index (χ2n) is 5.66. The fourth-order valence-corrected chi connectivity index (χ4v) is 1.91. The van der Waals surface area contributed by atoms with Crippen LogP contribution in [0.5, 0.6) is 0 Å². The maximum absolute atomic E-state index is 5.56. The van der Waals surface area contributed by atoms with Gasteiger partial charge in [0.15, 0.2) is 0 Å². The molecule has 0 aromatic heterocycles. The Labute approximate surface area is 101 Å². The van der Waals surface area contributed by atoms with Crippen molar-refractivity contribution in [1.82, 2.24) is 0 Å². The number of epoxide rings is 1. The highest BCUT2D eigenvalue weighted by Crippen LogP contribution is 2.38. The Kier molecular flexibility index (Phi) is 4.79. The van der Waals surface area contributed by atoms with Gasteiger partial charge in [-0.25, -0.2) is 0 Å². The molecule has 1 nitrogen and oxygen atoms in total. The van der Waals surface area contributed by atoms with Crippen molar-refractivity contribution >= 4 is 0 Å². The van der Waals surface area contributed by atoms with Crippen molar-refractivity contribution in [2.75, 3.05) is 0 Å². The number of rotatable bonds is 6. The van der Waals surface area contributed by atoms with Gasteiger partial charge in [0.2, 0.25) is 0 Å². The topological polar surface area (TPSA) is 12.5 Å². The van der Waals surface area contributed by atoms with Crippen LogP contribution < -0.4 is 0 Å². The lowest BCUT2D eigenvalue weighted by Gasteiger charge is -1.99. The van der Waals surface area contributed by atoms with Gasteiger partial charge in [-0.3, -0.25) is 0 Å². The third-order valence-corrected chi connectivity index (χ3v) is 3.18. The summed E-state index contributed by atoms with van der Waals surface area (Å²) in [7, 11) is 0. The SMILES string of the molecule is CC(C)=CCC/C(C)=C/CCC1OC1(C)C. The molecule has 1 atom stereocenters. The lowest BCUT2D eigenvalue weighted by Crippen LogP contribution is -2.01. The first-order valence-corrected chi connectivity index (χ1v) is 6.38. The molecule has 1 heterocycles. The summed E-state index contributed by atoms with van der Waals surface area (Å²) in [6.07, 6.45) is 9.88. The lowest BCUT2D eigenvalue weighted by molar-refractivity contribution is 0.320. The van der Waals surface area contributed by atoms with E-state index >= 15 is 0 Å². The molecule has 0 aromatic carbocycles. The molecule has 0 aliphatic carbocycles. The summed E-state index contributed by atoms with van der Waals surface area (Å²) in [6.45, 7) is 10.9. The summed E-state index contributed by atoms with van der Waals surface area (Å²) in [5.74, 6) is 0. The molecule has 0 radical (unpaired) electrons. The third kappa shape index (κ3) is 4.98. The largest absolute Gasteiger partial charge is 0.367 e. The highest BCUT2D eigenvalue weighted by molar-refractivity contribution is 5.03. The van der Waals surface area contributed by atoms with Gasteiger partial charge in [0.1, 0.15) is 0 Å².